The molecule has 9 heteroatoms. The van der Waals surface area contributed by atoms with Crippen LogP contribution in [0.3, 0.4) is 0 Å². The third-order valence-corrected chi connectivity index (χ3v) is 3.11. The van der Waals surface area contributed by atoms with E-state index in [1.807, 2.05) is 0 Å². The predicted molar refractivity (Wildman–Crippen MR) is 72.8 cm³/mol. The number of hydrogen-bond acceptors (Lipinski definition) is 5. The molecule has 114 valence electrons. The molecule has 1 aromatic rings. The van der Waals surface area contributed by atoms with Crippen LogP contribution in [0.5, 0.6) is 0 Å². The van der Waals surface area contributed by atoms with Crippen LogP contribution in [0.4, 0.5) is 10.6 Å². The maximum atomic E-state index is 12.1. The summed E-state index contributed by atoms with van der Waals surface area (Å²) in [5.41, 5.74) is 0.237. The van der Waals surface area contributed by atoms with Crippen LogP contribution in [0.25, 0.3) is 0 Å². The Hall–Kier alpha value is -2.58. The Balaban J connectivity index is 2.02. The molecule has 1 saturated heterocycles. The molecule has 0 aliphatic carbocycles. The number of carbonyl (C=O) groups excluding carboxylic acids is 3. The SMILES string of the molecule is COC(=O)c1cc(NC(=O)N2CCNC(=O)CC2)nn1C. The van der Waals surface area contributed by atoms with Crippen LogP contribution in [0.15, 0.2) is 6.07 Å². The molecule has 2 N–H and O–H groups in total. The van der Waals surface area contributed by atoms with Gasteiger partial charge in [0.15, 0.2) is 5.82 Å². The van der Waals surface area contributed by atoms with Gasteiger partial charge in [0.1, 0.15) is 5.69 Å². The molecule has 0 radical (unpaired) electrons. The number of methoxy groups -OCH3 is 1. The van der Waals surface area contributed by atoms with Gasteiger partial charge in [-0.15, -0.1) is 0 Å². The van der Waals surface area contributed by atoms with E-state index in [9.17, 15) is 14.4 Å². The van der Waals surface area contributed by atoms with Crippen LogP contribution < -0.4 is 10.6 Å². The molecule has 0 saturated carbocycles. The molecule has 2 heterocycles. The van der Waals surface area contributed by atoms with Crippen LogP contribution in [0.1, 0.15) is 16.9 Å². The molecule has 1 aliphatic heterocycles. The average Bonchev–Trinajstić information content (AvgIpc) is 2.67. The molecule has 21 heavy (non-hydrogen) atoms. The number of esters is 1. The Kier molecular flexibility index (Phi) is 4.41. The molecule has 9 nitrogen and oxygen atoms in total. The van der Waals surface area contributed by atoms with Crippen molar-refractivity contribution in [3.8, 4) is 0 Å². The van der Waals surface area contributed by atoms with Crippen LogP contribution in [0.2, 0.25) is 0 Å². The third kappa shape index (κ3) is 3.50. The Morgan fingerprint density at radius 1 is 1.43 bits per heavy atom. The molecule has 3 amide bonds. The first-order valence-corrected chi connectivity index (χ1v) is 6.46. The van der Waals surface area contributed by atoms with Crippen molar-refractivity contribution in [1.82, 2.24) is 20.0 Å². The van der Waals surface area contributed by atoms with E-state index in [1.165, 1.54) is 22.8 Å². The van der Waals surface area contributed by atoms with Gasteiger partial charge in [0, 0.05) is 39.2 Å². The lowest BCUT2D eigenvalue weighted by atomic mass is 10.4. The minimum Gasteiger partial charge on any atom is -0.464 e. The second-order valence-corrected chi connectivity index (χ2v) is 4.55. The molecule has 2 rings (SSSR count). The van der Waals surface area contributed by atoms with E-state index >= 15 is 0 Å². The Morgan fingerprint density at radius 2 is 2.19 bits per heavy atom. The number of nitrogens with one attached hydrogen (secondary N) is 2. The number of aromatic nitrogens is 2. The van der Waals surface area contributed by atoms with E-state index in [4.69, 9.17) is 0 Å². The monoisotopic (exact) mass is 295 g/mol. The summed E-state index contributed by atoms with van der Waals surface area (Å²) in [4.78, 5) is 36.3. The van der Waals surface area contributed by atoms with Gasteiger partial charge in [0.25, 0.3) is 0 Å². The molecule has 0 atom stereocenters. The summed E-state index contributed by atoms with van der Waals surface area (Å²) in [6.45, 7) is 1.19. The zero-order valence-corrected chi connectivity index (χ0v) is 11.9. The number of urea groups is 1. The van der Waals surface area contributed by atoms with E-state index in [0.29, 0.717) is 19.6 Å². The summed E-state index contributed by atoms with van der Waals surface area (Å²) in [5, 5.41) is 9.32. The van der Waals surface area contributed by atoms with E-state index < -0.39 is 5.97 Å². The van der Waals surface area contributed by atoms with E-state index in [1.54, 1.807) is 7.05 Å². The summed E-state index contributed by atoms with van der Waals surface area (Å²) in [5.74, 6) is -0.349. The van der Waals surface area contributed by atoms with E-state index in [-0.39, 0.29) is 29.9 Å². The van der Waals surface area contributed by atoms with Gasteiger partial charge < -0.3 is 15.0 Å². The van der Waals surface area contributed by atoms with Crippen molar-refractivity contribution >= 4 is 23.7 Å². The molecule has 0 spiro atoms. The van der Waals surface area contributed by atoms with Crippen LogP contribution >= 0.6 is 0 Å². The summed E-state index contributed by atoms with van der Waals surface area (Å²) >= 11 is 0. The van der Waals surface area contributed by atoms with Gasteiger partial charge in [-0.2, -0.15) is 5.10 Å². The fraction of sp³-hybridized carbons (Fsp3) is 0.500. The normalized spacial score (nSPS) is 15.1. The molecule has 1 aliphatic rings. The van der Waals surface area contributed by atoms with Crippen molar-refractivity contribution in [3.63, 3.8) is 0 Å². The molecule has 0 bridgehead atoms. The Labute approximate surface area is 121 Å². The second-order valence-electron chi connectivity index (χ2n) is 4.55. The van der Waals surface area contributed by atoms with E-state index in [0.717, 1.165) is 0 Å². The van der Waals surface area contributed by atoms with Gasteiger partial charge in [0.05, 0.1) is 7.11 Å². The smallest absolute Gasteiger partial charge is 0.356 e. The summed E-state index contributed by atoms with van der Waals surface area (Å²) in [6, 6.07) is 1.08. The van der Waals surface area contributed by atoms with Gasteiger partial charge >= 0.3 is 12.0 Å². The molecular formula is C12H17N5O4. The van der Waals surface area contributed by atoms with Crippen molar-refractivity contribution in [2.45, 2.75) is 6.42 Å². The molecule has 0 unspecified atom stereocenters. The standard InChI is InChI=1S/C12H17N5O4/c1-16-8(11(19)21-2)7-9(15-16)14-12(20)17-5-3-10(18)13-4-6-17/h7H,3-6H2,1-2H3,(H,13,18)(H,14,15,20). The first kappa shape index (κ1) is 14.8. The van der Waals surface area contributed by atoms with Crippen LogP contribution in [0, 0.1) is 0 Å². The van der Waals surface area contributed by atoms with Gasteiger partial charge in [0.2, 0.25) is 5.91 Å². The zero-order chi connectivity index (χ0) is 15.4. The number of hydrogen-bond donors (Lipinski definition) is 2. The summed E-state index contributed by atoms with van der Waals surface area (Å²) in [6.07, 6.45) is 0.267. The molecule has 1 fully saturated rings. The van der Waals surface area contributed by atoms with Crippen molar-refractivity contribution < 1.29 is 19.1 Å². The minimum atomic E-state index is -0.532. The fourth-order valence-corrected chi connectivity index (χ4v) is 1.98. The second kappa shape index (κ2) is 6.25. The fourth-order valence-electron chi connectivity index (χ4n) is 1.98. The predicted octanol–water partition coefficient (Wildman–Crippen LogP) is -0.439. The Bertz CT molecular complexity index is 568. The number of amides is 3. The summed E-state index contributed by atoms with van der Waals surface area (Å²) in [7, 11) is 2.85. The number of aryl methyl sites for hydroxylation is 1. The highest BCUT2D eigenvalue weighted by atomic mass is 16.5. The first-order valence-electron chi connectivity index (χ1n) is 6.46. The van der Waals surface area contributed by atoms with E-state index in [2.05, 4.69) is 20.5 Å². The van der Waals surface area contributed by atoms with Crippen molar-refractivity contribution in [1.29, 1.82) is 0 Å². The number of rotatable bonds is 2. The van der Waals surface area contributed by atoms with Crippen molar-refractivity contribution in [2.24, 2.45) is 7.05 Å². The van der Waals surface area contributed by atoms with Crippen molar-refractivity contribution in [2.75, 3.05) is 32.1 Å². The highest BCUT2D eigenvalue weighted by Crippen LogP contribution is 2.10. The molecule has 0 aromatic carbocycles. The minimum absolute atomic E-state index is 0.0730. The lowest BCUT2D eigenvalue weighted by Crippen LogP contribution is -2.37. The maximum absolute atomic E-state index is 12.1. The van der Waals surface area contributed by atoms with Gasteiger partial charge in [-0.25, -0.2) is 9.59 Å². The quantitative estimate of drug-likeness (QED) is 0.720. The molecular weight excluding hydrogens is 278 g/mol. The third-order valence-electron chi connectivity index (χ3n) is 3.11. The number of anilines is 1. The lowest BCUT2D eigenvalue weighted by Gasteiger charge is -2.19. The van der Waals surface area contributed by atoms with Crippen LogP contribution in [-0.2, 0) is 16.6 Å². The summed E-state index contributed by atoms with van der Waals surface area (Å²) < 4.78 is 5.94. The molecule has 1 aromatic heterocycles. The average molecular weight is 295 g/mol. The number of nitrogens with zero attached hydrogens (tertiary/aromatic N) is 3. The van der Waals surface area contributed by atoms with Gasteiger partial charge in [-0.3, -0.25) is 14.8 Å². The highest BCUT2D eigenvalue weighted by Gasteiger charge is 2.20. The van der Waals surface area contributed by atoms with Crippen LogP contribution in [-0.4, -0.2) is 59.3 Å². The number of ether oxygens (including phenoxy) is 1. The maximum Gasteiger partial charge on any atom is 0.356 e. The zero-order valence-electron chi connectivity index (χ0n) is 11.9. The lowest BCUT2D eigenvalue weighted by molar-refractivity contribution is -0.120. The Morgan fingerprint density at radius 3 is 2.90 bits per heavy atom. The van der Waals surface area contributed by atoms with Gasteiger partial charge in [-0.05, 0) is 0 Å². The van der Waals surface area contributed by atoms with Crippen molar-refractivity contribution in [3.05, 3.63) is 11.8 Å². The van der Waals surface area contributed by atoms with Gasteiger partial charge in [-0.1, -0.05) is 0 Å². The first-order chi connectivity index (χ1) is 10.0. The largest absolute Gasteiger partial charge is 0.464 e. The highest BCUT2D eigenvalue weighted by molar-refractivity contribution is 5.92. The topological polar surface area (TPSA) is 106 Å². The number of carbonyl (C=O) groups is 3.